The lowest BCUT2D eigenvalue weighted by Crippen LogP contribution is -2.02. The third-order valence-electron chi connectivity index (χ3n) is 2.62. The molecule has 0 spiro atoms. The number of rotatable bonds is 5. The first-order valence-corrected chi connectivity index (χ1v) is 6.52. The van der Waals surface area contributed by atoms with E-state index < -0.39 is 10.9 Å². The number of carboxylic acid groups (broad SMARTS) is 1. The molecule has 0 amide bonds. The minimum Gasteiger partial charge on any atom is -0.476 e. The fourth-order valence-electron chi connectivity index (χ4n) is 1.62. The van der Waals surface area contributed by atoms with Gasteiger partial charge in [0, 0.05) is 23.2 Å². The fraction of sp³-hybridized carbons (Fsp3) is 0.167. The van der Waals surface area contributed by atoms with Crippen molar-refractivity contribution in [2.45, 2.75) is 13.5 Å². The number of hydrogen-bond acceptors (Lipinski definition) is 6. The molecule has 0 aliphatic heterocycles. The average Bonchev–Trinajstić information content (AvgIpc) is 2.86. The summed E-state index contributed by atoms with van der Waals surface area (Å²) in [5, 5.41) is 24.6. The number of nitro groups is 1. The van der Waals surface area contributed by atoms with Gasteiger partial charge in [-0.25, -0.2) is 9.78 Å². The highest BCUT2D eigenvalue weighted by Crippen LogP contribution is 2.22. The Labute approximate surface area is 118 Å². The molecule has 1 aromatic heterocycles. The monoisotopic (exact) mass is 293 g/mol. The summed E-state index contributed by atoms with van der Waals surface area (Å²) >= 11 is 1.25. The lowest BCUT2D eigenvalue weighted by Gasteiger charge is -2.07. The Morgan fingerprint density at radius 3 is 2.85 bits per heavy atom. The molecular formula is C12H11N3O4S. The first-order valence-electron chi connectivity index (χ1n) is 5.64. The molecule has 0 aliphatic carbocycles. The smallest absolute Gasteiger partial charge is 0.355 e. The van der Waals surface area contributed by atoms with Gasteiger partial charge in [-0.3, -0.25) is 10.1 Å². The highest BCUT2D eigenvalue weighted by molar-refractivity contribution is 7.09. The van der Waals surface area contributed by atoms with E-state index in [0.717, 1.165) is 11.3 Å². The third kappa shape index (κ3) is 3.09. The van der Waals surface area contributed by atoms with Crippen molar-refractivity contribution in [3.8, 4) is 0 Å². The number of carbonyl (C=O) groups is 1. The molecule has 0 atom stereocenters. The SMILES string of the molecule is Cc1cc([N+](=O)[O-])ccc1NCc1nc(C(=O)O)cs1. The Balaban J connectivity index is 2.06. The molecule has 2 N–H and O–H groups in total. The van der Waals surface area contributed by atoms with Gasteiger partial charge in [0.1, 0.15) is 5.01 Å². The first kappa shape index (κ1) is 13.9. The van der Waals surface area contributed by atoms with E-state index in [1.54, 1.807) is 13.0 Å². The summed E-state index contributed by atoms with van der Waals surface area (Å²) in [5.41, 5.74) is 1.56. The van der Waals surface area contributed by atoms with Gasteiger partial charge in [0.25, 0.3) is 5.69 Å². The van der Waals surface area contributed by atoms with E-state index in [1.807, 2.05) is 0 Å². The predicted octanol–water partition coefficient (Wildman–Crippen LogP) is 2.67. The van der Waals surface area contributed by atoms with E-state index in [2.05, 4.69) is 10.3 Å². The number of non-ortho nitro benzene ring substituents is 1. The molecule has 2 aromatic rings. The Hall–Kier alpha value is -2.48. The molecule has 0 saturated carbocycles. The summed E-state index contributed by atoms with van der Waals surface area (Å²) in [6, 6.07) is 4.52. The van der Waals surface area contributed by atoms with Crippen LogP contribution in [0.1, 0.15) is 21.1 Å². The van der Waals surface area contributed by atoms with Crippen LogP contribution in [0, 0.1) is 17.0 Å². The maximum Gasteiger partial charge on any atom is 0.355 e. The topological polar surface area (TPSA) is 105 Å². The van der Waals surface area contributed by atoms with Gasteiger partial charge in [-0.15, -0.1) is 11.3 Å². The predicted molar refractivity (Wildman–Crippen MR) is 74.2 cm³/mol. The average molecular weight is 293 g/mol. The largest absolute Gasteiger partial charge is 0.476 e. The molecule has 0 unspecified atom stereocenters. The van der Waals surface area contributed by atoms with Crippen molar-refractivity contribution in [1.82, 2.24) is 4.98 Å². The van der Waals surface area contributed by atoms with Crippen LogP contribution < -0.4 is 5.32 Å². The van der Waals surface area contributed by atoms with Crippen LogP contribution in [0.3, 0.4) is 0 Å². The van der Waals surface area contributed by atoms with Gasteiger partial charge in [0.15, 0.2) is 5.69 Å². The summed E-state index contributed by atoms with van der Waals surface area (Å²) < 4.78 is 0. The molecule has 8 heteroatoms. The van der Waals surface area contributed by atoms with Gasteiger partial charge in [-0.1, -0.05) is 0 Å². The van der Waals surface area contributed by atoms with E-state index in [-0.39, 0.29) is 11.4 Å². The molecule has 0 bridgehead atoms. The van der Waals surface area contributed by atoms with Crippen LogP contribution in [0.2, 0.25) is 0 Å². The number of benzene rings is 1. The highest BCUT2D eigenvalue weighted by atomic mass is 32.1. The number of thiazole rings is 1. The lowest BCUT2D eigenvalue weighted by molar-refractivity contribution is -0.384. The third-order valence-corrected chi connectivity index (χ3v) is 3.47. The summed E-state index contributed by atoms with van der Waals surface area (Å²) in [6.45, 7) is 2.14. The van der Waals surface area contributed by atoms with Gasteiger partial charge in [0.05, 0.1) is 11.5 Å². The number of carboxylic acids is 1. The van der Waals surface area contributed by atoms with Gasteiger partial charge >= 0.3 is 5.97 Å². The maximum atomic E-state index is 10.7. The first-order chi connectivity index (χ1) is 9.47. The normalized spacial score (nSPS) is 10.2. The number of nitro benzene ring substituents is 1. The van der Waals surface area contributed by atoms with Crippen LogP contribution in [0.15, 0.2) is 23.6 Å². The number of anilines is 1. The summed E-state index contributed by atoms with van der Waals surface area (Å²) in [5.74, 6) is -1.06. The van der Waals surface area contributed by atoms with Crippen molar-refractivity contribution in [2.24, 2.45) is 0 Å². The van der Waals surface area contributed by atoms with Gasteiger partial charge < -0.3 is 10.4 Å². The summed E-state index contributed by atoms with van der Waals surface area (Å²) in [4.78, 5) is 24.8. The second-order valence-electron chi connectivity index (χ2n) is 4.04. The van der Waals surface area contributed by atoms with Crippen molar-refractivity contribution in [2.75, 3.05) is 5.32 Å². The van der Waals surface area contributed by atoms with Crippen LogP contribution in [0.4, 0.5) is 11.4 Å². The van der Waals surface area contributed by atoms with Crippen molar-refractivity contribution < 1.29 is 14.8 Å². The molecule has 0 fully saturated rings. The van der Waals surface area contributed by atoms with E-state index in [9.17, 15) is 14.9 Å². The standard InChI is InChI=1S/C12H11N3O4S/c1-7-4-8(15(18)19)2-3-9(7)13-5-11-14-10(6-20-11)12(16)17/h2-4,6,13H,5H2,1H3,(H,16,17). The summed E-state index contributed by atoms with van der Waals surface area (Å²) in [6.07, 6.45) is 0. The number of nitrogens with zero attached hydrogens (tertiary/aromatic N) is 2. The molecule has 0 saturated heterocycles. The van der Waals surface area contributed by atoms with Crippen molar-refractivity contribution in [1.29, 1.82) is 0 Å². The molecular weight excluding hydrogens is 282 g/mol. The Kier molecular flexibility index (Phi) is 3.94. The minimum absolute atomic E-state index is 0.0206. The zero-order valence-electron chi connectivity index (χ0n) is 10.5. The van der Waals surface area contributed by atoms with E-state index >= 15 is 0 Å². The Bertz CT molecular complexity index is 668. The van der Waals surface area contributed by atoms with Crippen LogP contribution in [0.5, 0.6) is 0 Å². The van der Waals surface area contributed by atoms with Crippen LogP contribution in [-0.2, 0) is 6.54 Å². The molecule has 104 valence electrons. The molecule has 20 heavy (non-hydrogen) atoms. The Morgan fingerprint density at radius 1 is 1.55 bits per heavy atom. The number of aromatic nitrogens is 1. The number of aromatic carboxylic acids is 1. The van der Waals surface area contributed by atoms with Crippen molar-refractivity contribution in [3.05, 3.63) is 50.0 Å². The fourth-order valence-corrected chi connectivity index (χ4v) is 2.33. The molecule has 1 heterocycles. The molecule has 1 aromatic carbocycles. The van der Waals surface area contributed by atoms with E-state index in [4.69, 9.17) is 5.11 Å². The van der Waals surface area contributed by atoms with Crippen molar-refractivity contribution in [3.63, 3.8) is 0 Å². The molecule has 0 aliphatic rings. The zero-order chi connectivity index (χ0) is 14.7. The second kappa shape index (κ2) is 5.66. The highest BCUT2D eigenvalue weighted by Gasteiger charge is 2.10. The Morgan fingerprint density at radius 2 is 2.30 bits per heavy atom. The van der Waals surface area contributed by atoms with Crippen LogP contribution >= 0.6 is 11.3 Å². The van der Waals surface area contributed by atoms with E-state index in [0.29, 0.717) is 11.6 Å². The summed E-state index contributed by atoms with van der Waals surface area (Å²) in [7, 11) is 0. The van der Waals surface area contributed by atoms with Gasteiger partial charge in [-0.05, 0) is 18.6 Å². The van der Waals surface area contributed by atoms with Gasteiger partial charge in [0.2, 0.25) is 0 Å². The second-order valence-corrected chi connectivity index (χ2v) is 4.98. The quantitative estimate of drug-likeness (QED) is 0.648. The zero-order valence-corrected chi connectivity index (χ0v) is 11.3. The number of hydrogen-bond donors (Lipinski definition) is 2. The molecule has 7 nitrogen and oxygen atoms in total. The molecule has 2 rings (SSSR count). The van der Waals surface area contributed by atoms with E-state index in [1.165, 1.54) is 28.8 Å². The maximum absolute atomic E-state index is 10.7. The van der Waals surface area contributed by atoms with Gasteiger partial charge in [-0.2, -0.15) is 0 Å². The minimum atomic E-state index is -1.06. The number of nitrogens with one attached hydrogen (secondary N) is 1. The van der Waals surface area contributed by atoms with Crippen molar-refractivity contribution >= 4 is 28.7 Å². The molecule has 0 radical (unpaired) electrons. The van der Waals surface area contributed by atoms with Crippen LogP contribution in [-0.4, -0.2) is 21.0 Å². The lowest BCUT2D eigenvalue weighted by atomic mass is 10.2. The van der Waals surface area contributed by atoms with Crippen LogP contribution in [0.25, 0.3) is 0 Å². The number of aryl methyl sites for hydroxylation is 1.